The number of furan rings is 1. The number of benzene rings is 1. The molecular formula is C14H14N4O2. The Hall–Kier alpha value is -2.76. The highest BCUT2D eigenvalue weighted by Crippen LogP contribution is 2.22. The summed E-state index contributed by atoms with van der Waals surface area (Å²) in [6.45, 7) is 1.99. The highest BCUT2D eigenvalue weighted by molar-refractivity contribution is 6.05. The van der Waals surface area contributed by atoms with E-state index in [4.69, 9.17) is 10.2 Å². The second-order valence-corrected chi connectivity index (χ2v) is 4.68. The summed E-state index contributed by atoms with van der Waals surface area (Å²) < 4.78 is 7.03. The normalized spacial score (nSPS) is 10.9. The molecule has 3 N–H and O–H groups in total. The Kier molecular flexibility index (Phi) is 2.71. The number of nitrogens with zero attached hydrogens (tertiary/aromatic N) is 2. The van der Waals surface area contributed by atoms with Gasteiger partial charge >= 0.3 is 0 Å². The van der Waals surface area contributed by atoms with Crippen molar-refractivity contribution in [3.05, 3.63) is 41.8 Å². The third-order valence-corrected chi connectivity index (χ3v) is 3.09. The van der Waals surface area contributed by atoms with Crippen LogP contribution in [-0.4, -0.2) is 15.7 Å². The number of nitrogens with two attached hydrogens (primary N) is 1. The maximum absolute atomic E-state index is 12.2. The number of carbonyl (C=O) groups excluding carboxylic acids is 1. The van der Waals surface area contributed by atoms with Gasteiger partial charge in [0.25, 0.3) is 5.91 Å². The molecule has 0 aliphatic carbocycles. The SMILES string of the molecule is Cc1ccc2oc(C(=O)Nc3c(N)cnn3C)cc2c1. The van der Waals surface area contributed by atoms with E-state index in [1.54, 1.807) is 13.1 Å². The van der Waals surface area contributed by atoms with Gasteiger partial charge in [0.1, 0.15) is 5.58 Å². The van der Waals surface area contributed by atoms with Crippen LogP contribution in [0.2, 0.25) is 0 Å². The van der Waals surface area contributed by atoms with Crippen LogP contribution in [0.15, 0.2) is 34.9 Å². The molecule has 0 unspecified atom stereocenters. The lowest BCUT2D eigenvalue weighted by Gasteiger charge is -2.04. The van der Waals surface area contributed by atoms with Crippen molar-refractivity contribution >= 4 is 28.4 Å². The van der Waals surface area contributed by atoms with Gasteiger partial charge in [0.05, 0.1) is 11.9 Å². The summed E-state index contributed by atoms with van der Waals surface area (Å²) in [4.78, 5) is 12.2. The predicted octanol–water partition coefficient (Wildman–Crippen LogP) is 2.31. The fourth-order valence-corrected chi connectivity index (χ4v) is 2.05. The van der Waals surface area contributed by atoms with Crippen LogP contribution < -0.4 is 11.1 Å². The maximum atomic E-state index is 12.2. The van der Waals surface area contributed by atoms with Gasteiger partial charge < -0.3 is 15.5 Å². The van der Waals surface area contributed by atoms with Crippen LogP contribution in [0.5, 0.6) is 0 Å². The Morgan fingerprint density at radius 2 is 2.20 bits per heavy atom. The molecule has 1 aromatic carbocycles. The van der Waals surface area contributed by atoms with Crippen molar-refractivity contribution in [1.82, 2.24) is 9.78 Å². The molecule has 3 aromatic rings. The van der Waals surface area contributed by atoms with Crippen molar-refractivity contribution in [2.45, 2.75) is 6.92 Å². The first-order valence-electron chi connectivity index (χ1n) is 6.13. The molecule has 0 bridgehead atoms. The molecular weight excluding hydrogens is 256 g/mol. The molecule has 1 amide bonds. The van der Waals surface area contributed by atoms with Crippen molar-refractivity contribution in [3.63, 3.8) is 0 Å². The lowest BCUT2D eigenvalue weighted by molar-refractivity contribution is 0.0998. The van der Waals surface area contributed by atoms with E-state index in [1.807, 2.05) is 25.1 Å². The molecule has 6 heteroatoms. The fourth-order valence-electron chi connectivity index (χ4n) is 2.05. The maximum Gasteiger partial charge on any atom is 0.292 e. The van der Waals surface area contributed by atoms with E-state index in [0.29, 0.717) is 17.1 Å². The number of hydrogen-bond donors (Lipinski definition) is 2. The minimum absolute atomic E-state index is 0.242. The number of nitrogens with one attached hydrogen (secondary N) is 1. The van der Waals surface area contributed by atoms with E-state index in [2.05, 4.69) is 10.4 Å². The average molecular weight is 270 g/mol. The molecule has 0 spiro atoms. The zero-order chi connectivity index (χ0) is 14.3. The lowest BCUT2D eigenvalue weighted by Crippen LogP contribution is -2.14. The molecule has 0 saturated heterocycles. The molecule has 0 fully saturated rings. The van der Waals surface area contributed by atoms with Gasteiger partial charge in [-0.3, -0.25) is 9.48 Å². The highest BCUT2D eigenvalue weighted by atomic mass is 16.3. The van der Waals surface area contributed by atoms with Gasteiger partial charge in [0.2, 0.25) is 0 Å². The minimum Gasteiger partial charge on any atom is -0.451 e. The number of rotatable bonds is 2. The van der Waals surface area contributed by atoms with E-state index in [0.717, 1.165) is 10.9 Å². The van der Waals surface area contributed by atoms with Crippen LogP contribution in [0.3, 0.4) is 0 Å². The summed E-state index contributed by atoms with van der Waals surface area (Å²) >= 11 is 0. The second-order valence-electron chi connectivity index (χ2n) is 4.68. The topological polar surface area (TPSA) is 86.1 Å². The molecule has 0 saturated carbocycles. The third-order valence-electron chi connectivity index (χ3n) is 3.09. The molecule has 2 aromatic heterocycles. The number of fused-ring (bicyclic) bond motifs is 1. The molecule has 0 atom stereocenters. The van der Waals surface area contributed by atoms with Crippen LogP contribution >= 0.6 is 0 Å². The predicted molar refractivity (Wildman–Crippen MR) is 76.5 cm³/mol. The van der Waals surface area contributed by atoms with Gasteiger partial charge in [-0.15, -0.1) is 0 Å². The van der Waals surface area contributed by atoms with Gasteiger partial charge in [-0.1, -0.05) is 11.6 Å². The average Bonchev–Trinajstić information content (AvgIpc) is 2.96. The van der Waals surface area contributed by atoms with Crippen LogP contribution in [0, 0.1) is 6.92 Å². The summed E-state index contributed by atoms with van der Waals surface area (Å²) in [7, 11) is 1.70. The van der Waals surface area contributed by atoms with Crippen molar-refractivity contribution in [1.29, 1.82) is 0 Å². The first-order valence-corrected chi connectivity index (χ1v) is 6.13. The highest BCUT2D eigenvalue weighted by Gasteiger charge is 2.15. The molecule has 0 aliphatic heterocycles. The Bertz CT molecular complexity index is 781. The van der Waals surface area contributed by atoms with E-state index in [9.17, 15) is 4.79 Å². The molecule has 0 aliphatic rings. The summed E-state index contributed by atoms with van der Waals surface area (Å²) in [5, 5.41) is 7.55. The Morgan fingerprint density at radius 3 is 2.90 bits per heavy atom. The summed E-state index contributed by atoms with van der Waals surface area (Å²) in [5.41, 5.74) is 7.94. The fraction of sp³-hybridized carbons (Fsp3) is 0.143. The van der Waals surface area contributed by atoms with Crippen LogP contribution in [0.25, 0.3) is 11.0 Å². The Morgan fingerprint density at radius 1 is 1.40 bits per heavy atom. The van der Waals surface area contributed by atoms with Crippen molar-refractivity contribution < 1.29 is 9.21 Å². The molecule has 3 rings (SSSR count). The third kappa shape index (κ3) is 2.01. The van der Waals surface area contributed by atoms with E-state index in [1.165, 1.54) is 10.9 Å². The number of nitrogen functional groups attached to an aromatic ring is 1. The van der Waals surface area contributed by atoms with Gasteiger partial charge in [0, 0.05) is 12.4 Å². The molecule has 0 radical (unpaired) electrons. The monoisotopic (exact) mass is 270 g/mol. The minimum atomic E-state index is -0.353. The lowest BCUT2D eigenvalue weighted by atomic mass is 10.2. The van der Waals surface area contributed by atoms with Crippen molar-refractivity contribution in [3.8, 4) is 0 Å². The van der Waals surface area contributed by atoms with Gasteiger partial charge in [-0.25, -0.2) is 0 Å². The van der Waals surface area contributed by atoms with E-state index in [-0.39, 0.29) is 11.7 Å². The van der Waals surface area contributed by atoms with Crippen molar-refractivity contribution in [2.24, 2.45) is 7.05 Å². The second kappa shape index (κ2) is 4.41. The van der Waals surface area contributed by atoms with Gasteiger partial charge in [-0.2, -0.15) is 5.10 Å². The zero-order valence-corrected chi connectivity index (χ0v) is 11.2. The van der Waals surface area contributed by atoms with E-state index < -0.39 is 0 Å². The molecule has 6 nitrogen and oxygen atoms in total. The van der Waals surface area contributed by atoms with Gasteiger partial charge in [-0.05, 0) is 25.1 Å². The first-order chi connectivity index (χ1) is 9.54. The molecule has 2 heterocycles. The summed E-state index contributed by atoms with van der Waals surface area (Å²) in [6, 6.07) is 7.46. The standard InChI is InChI=1S/C14H14N4O2/c1-8-3-4-11-9(5-8)6-12(20-11)14(19)17-13-10(15)7-16-18(13)2/h3-7H,15H2,1-2H3,(H,17,19). The number of carbonyl (C=O) groups is 1. The Labute approximate surface area is 115 Å². The molecule has 102 valence electrons. The first kappa shape index (κ1) is 12.3. The molecule has 20 heavy (non-hydrogen) atoms. The van der Waals surface area contributed by atoms with Crippen LogP contribution in [-0.2, 0) is 7.05 Å². The zero-order valence-electron chi connectivity index (χ0n) is 11.2. The van der Waals surface area contributed by atoms with Crippen LogP contribution in [0.1, 0.15) is 16.1 Å². The Balaban J connectivity index is 1.93. The summed E-state index contributed by atoms with van der Waals surface area (Å²) in [5.74, 6) is 0.340. The largest absolute Gasteiger partial charge is 0.451 e. The number of amides is 1. The smallest absolute Gasteiger partial charge is 0.292 e. The number of aromatic nitrogens is 2. The van der Waals surface area contributed by atoms with Crippen LogP contribution in [0.4, 0.5) is 11.5 Å². The van der Waals surface area contributed by atoms with Crippen molar-refractivity contribution in [2.75, 3.05) is 11.1 Å². The number of aryl methyl sites for hydroxylation is 2. The van der Waals surface area contributed by atoms with Gasteiger partial charge in [0.15, 0.2) is 11.6 Å². The summed E-state index contributed by atoms with van der Waals surface area (Å²) in [6.07, 6.45) is 1.48. The van der Waals surface area contributed by atoms with E-state index >= 15 is 0 Å². The quantitative estimate of drug-likeness (QED) is 0.748. The number of hydrogen-bond acceptors (Lipinski definition) is 4. The number of anilines is 2.